The van der Waals surface area contributed by atoms with Crippen LogP contribution in [0.2, 0.25) is 0 Å². The highest BCUT2D eigenvalue weighted by molar-refractivity contribution is 7.87. The lowest BCUT2D eigenvalue weighted by molar-refractivity contribution is -0.207. The molecule has 0 aliphatic heterocycles. The molecule has 0 radical (unpaired) electrons. The topological polar surface area (TPSA) is 136 Å². The summed E-state index contributed by atoms with van der Waals surface area (Å²) in [5.41, 5.74) is -0.538. The third kappa shape index (κ3) is 4.61. The Morgan fingerprint density at radius 1 is 1.10 bits per heavy atom. The molecule has 12 heteroatoms. The molecule has 4 aliphatic carbocycles. The quantitative estimate of drug-likeness (QED) is 0.387. The Bertz CT molecular complexity index is 755. The summed E-state index contributed by atoms with van der Waals surface area (Å²) in [5.74, 6) is -1.06. The van der Waals surface area contributed by atoms with Gasteiger partial charge in [0.1, 0.15) is 24.9 Å². The Morgan fingerprint density at radius 2 is 1.63 bits per heavy atom. The fraction of sp³-hybridized carbons (Fsp3) is 0.889. The van der Waals surface area contributed by atoms with E-state index in [9.17, 15) is 31.9 Å². The van der Waals surface area contributed by atoms with Gasteiger partial charge in [0.25, 0.3) is 0 Å². The number of esters is 2. The fourth-order valence-corrected chi connectivity index (χ4v) is 5.52. The first kappa shape index (κ1) is 23.3. The van der Waals surface area contributed by atoms with Crippen LogP contribution in [0.1, 0.15) is 39.0 Å². The number of alkyl halides is 2. The van der Waals surface area contributed by atoms with Crippen molar-refractivity contribution in [1.29, 1.82) is 0 Å². The predicted molar refractivity (Wildman–Crippen MR) is 95.8 cm³/mol. The van der Waals surface area contributed by atoms with Crippen LogP contribution in [0.15, 0.2) is 0 Å². The number of aliphatic hydroxyl groups excluding tert-OH is 1. The summed E-state index contributed by atoms with van der Waals surface area (Å²) >= 11 is 0. The second kappa shape index (κ2) is 8.29. The van der Waals surface area contributed by atoms with Crippen LogP contribution in [-0.2, 0) is 33.9 Å². The van der Waals surface area contributed by atoms with E-state index in [0.717, 1.165) is 25.7 Å². The van der Waals surface area contributed by atoms with Crippen molar-refractivity contribution in [3.8, 4) is 0 Å². The second-order valence-corrected chi connectivity index (χ2v) is 10.2. The van der Waals surface area contributed by atoms with Crippen molar-refractivity contribution in [3.63, 3.8) is 0 Å². The van der Waals surface area contributed by atoms with E-state index < -0.39 is 58.8 Å². The normalized spacial score (nSPS) is 33.9. The molecule has 4 bridgehead atoms. The van der Waals surface area contributed by atoms with Crippen LogP contribution in [0, 0.1) is 23.7 Å². The summed E-state index contributed by atoms with van der Waals surface area (Å²) in [5, 5.41) is 4.46. The molecular formula is C18H26F2O9S. The van der Waals surface area contributed by atoms with Gasteiger partial charge in [-0.3, -0.25) is 4.55 Å². The molecule has 0 aromatic heterocycles. The maximum atomic E-state index is 13.0. The first-order valence-electron chi connectivity index (χ1n) is 9.82. The first-order chi connectivity index (χ1) is 13.8. The van der Waals surface area contributed by atoms with Crippen molar-refractivity contribution in [2.75, 3.05) is 19.8 Å². The molecule has 1 unspecified atom stereocenters. The number of hydrogen-bond acceptors (Lipinski definition) is 8. The monoisotopic (exact) mass is 456 g/mol. The predicted octanol–water partition coefficient (Wildman–Crippen LogP) is 1.15. The summed E-state index contributed by atoms with van der Waals surface area (Å²) in [6, 6.07) is 0. The summed E-state index contributed by atoms with van der Waals surface area (Å²) in [4.78, 5) is 23.3. The lowest BCUT2D eigenvalue weighted by Gasteiger charge is -2.59. The standard InChI is InChI=1S/C18H26F2O9S/c1-17(12-3-10-2-11(5-12)6-13(17)4-10)29-15(22)9-27-7-14(21)8-28-16(23)18(19,20)30(24,25)26/h10-14,21H,2-9H2,1H3,(H,24,25,26). The van der Waals surface area contributed by atoms with Gasteiger partial charge in [0, 0.05) is 0 Å². The van der Waals surface area contributed by atoms with E-state index >= 15 is 0 Å². The van der Waals surface area contributed by atoms with Crippen molar-refractivity contribution in [1.82, 2.24) is 0 Å². The Morgan fingerprint density at radius 3 is 2.13 bits per heavy atom. The van der Waals surface area contributed by atoms with Gasteiger partial charge < -0.3 is 19.3 Å². The van der Waals surface area contributed by atoms with Gasteiger partial charge in [-0.2, -0.15) is 17.2 Å². The number of ether oxygens (including phenoxy) is 3. The van der Waals surface area contributed by atoms with E-state index in [-0.39, 0.29) is 0 Å². The highest BCUT2D eigenvalue weighted by Gasteiger charge is 2.57. The van der Waals surface area contributed by atoms with E-state index in [4.69, 9.17) is 14.0 Å². The van der Waals surface area contributed by atoms with Crippen LogP contribution in [0.5, 0.6) is 0 Å². The number of hydrogen-bond donors (Lipinski definition) is 2. The van der Waals surface area contributed by atoms with Gasteiger partial charge in [-0.25, -0.2) is 9.59 Å². The van der Waals surface area contributed by atoms with Crippen LogP contribution in [-0.4, -0.2) is 66.8 Å². The molecule has 4 aliphatic rings. The van der Waals surface area contributed by atoms with Gasteiger partial charge in [-0.15, -0.1) is 0 Å². The maximum absolute atomic E-state index is 13.0. The van der Waals surface area contributed by atoms with Gasteiger partial charge in [-0.1, -0.05) is 0 Å². The van der Waals surface area contributed by atoms with Gasteiger partial charge in [0.2, 0.25) is 0 Å². The van der Waals surface area contributed by atoms with Gasteiger partial charge in [0.15, 0.2) is 0 Å². The Kier molecular flexibility index (Phi) is 6.43. The molecule has 9 nitrogen and oxygen atoms in total. The molecule has 1 atom stereocenters. The van der Waals surface area contributed by atoms with E-state index in [2.05, 4.69) is 4.74 Å². The summed E-state index contributed by atoms with van der Waals surface area (Å²) in [6.45, 7) is -0.0626. The second-order valence-electron chi connectivity index (χ2n) is 8.72. The van der Waals surface area contributed by atoms with Crippen LogP contribution in [0.25, 0.3) is 0 Å². The zero-order valence-electron chi connectivity index (χ0n) is 16.5. The maximum Gasteiger partial charge on any atom is 0.465 e. The molecule has 4 fully saturated rings. The number of rotatable bonds is 9. The molecule has 30 heavy (non-hydrogen) atoms. The Labute approximate surface area is 172 Å². The highest BCUT2D eigenvalue weighted by Crippen LogP contribution is 2.59. The van der Waals surface area contributed by atoms with Crippen LogP contribution >= 0.6 is 0 Å². The first-order valence-corrected chi connectivity index (χ1v) is 11.3. The Balaban J connectivity index is 1.39. The average molecular weight is 456 g/mol. The lowest BCUT2D eigenvalue weighted by Crippen LogP contribution is -2.58. The van der Waals surface area contributed by atoms with Crippen molar-refractivity contribution >= 4 is 22.1 Å². The van der Waals surface area contributed by atoms with Gasteiger partial charge in [0.05, 0.1) is 6.61 Å². The van der Waals surface area contributed by atoms with E-state index in [0.29, 0.717) is 23.7 Å². The number of halogens is 2. The van der Waals surface area contributed by atoms with E-state index in [1.165, 1.54) is 6.42 Å². The molecule has 172 valence electrons. The zero-order chi connectivity index (χ0) is 22.3. The minimum Gasteiger partial charge on any atom is -0.457 e. The molecule has 0 saturated heterocycles. The Hall–Kier alpha value is -1.37. The summed E-state index contributed by atoms with van der Waals surface area (Å²) in [7, 11) is -5.99. The molecule has 4 rings (SSSR count). The third-order valence-corrected chi connectivity index (χ3v) is 7.41. The molecule has 2 N–H and O–H groups in total. The fourth-order valence-electron chi connectivity index (χ4n) is 5.25. The molecule has 0 aromatic rings. The van der Waals surface area contributed by atoms with Gasteiger partial charge in [-0.05, 0) is 62.7 Å². The van der Waals surface area contributed by atoms with Crippen LogP contribution in [0.3, 0.4) is 0 Å². The van der Waals surface area contributed by atoms with Crippen molar-refractivity contribution in [2.45, 2.75) is 56.0 Å². The lowest BCUT2D eigenvalue weighted by atomic mass is 9.50. The number of aliphatic hydroxyl groups is 1. The largest absolute Gasteiger partial charge is 0.465 e. The summed E-state index contributed by atoms with van der Waals surface area (Å²) in [6.07, 6.45) is 3.88. The van der Waals surface area contributed by atoms with E-state index in [1.807, 2.05) is 6.92 Å². The molecular weight excluding hydrogens is 430 g/mol. The van der Waals surface area contributed by atoms with Gasteiger partial charge >= 0.3 is 27.3 Å². The van der Waals surface area contributed by atoms with Crippen LogP contribution < -0.4 is 0 Å². The smallest absolute Gasteiger partial charge is 0.457 e. The zero-order valence-corrected chi connectivity index (χ0v) is 17.3. The molecule has 0 amide bonds. The SMILES string of the molecule is CC1(OC(=O)COCC(O)COC(=O)C(F)(F)S(=O)(=O)O)C2CC3CC(C2)CC1C3. The molecule has 0 aromatic carbocycles. The highest BCUT2D eigenvalue weighted by atomic mass is 32.2. The number of carbonyl (C=O) groups is 2. The third-order valence-electron chi connectivity index (χ3n) is 6.59. The molecule has 4 saturated carbocycles. The number of carbonyl (C=O) groups excluding carboxylic acids is 2. The minimum atomic E-state index is -5.99. The van der Waals surface area contributed by atoms with E-state index in [1.54, 1.807) is 0 Å². The van der Waals surface area contributed by atoms with Crippen molar-refractivity contribution in [3.05, 3.63) is 0 Å². The molecule has 0 heterocycles. The average Bonchev–Trinajstić information content (AvgIpc) is 2.62. The summed E-state index contributed by atoms with van der Waals surface area (Å²) < 4.78 is 70.0. The molecule has 0 spiro atoms. The van der Waals surface area contributed by atoms with Crippen molar-refractivity contribution < 1.29 is 50.7 Å². The van der Waals surface area contributed by atoms with Crippen LogP contribution in [0.4, 0.5) is 8.78 Å². The minimum absolute atomic E-state index is 0.326. The van der Waals surface area contributed by atoms with Crippen molar-refractivity contribution in [2.24, 2.45) is 23.7 Å².